The number of hydrogen-bond donors (Lipinski definition) is 1. The maximum Gasteiger partial charge on any atom is 0.212 e. The molecule has 1 fully saturated rings. The van der Waals surface area contributed by atoms with E-state index in [4.69, 9.17) is 5.26 Å². The van der Waals surface area contributed by atoms with Gasteiger partial charge in [0, 0.05) is 12.8 Å². The van der Waals surface area contributed by atoms with Gasteiger partial charge in [0.15, 0.2) is 0 Å². The van der Waals surface area contributed by atoms with E-state index in [0.29, 0.717) is 0 Å². The van der Waals surface area contributed by atoms with Crippen LogP contribution >= 0.6 is 0 Å². The monoisotopic (exact) mass is 220 g/mol. The second-order valence-electron chi connectivity index (χ2n) is 4.13. The molecule has 1 N–H and O–H groups in total. The van der Waals surface area contributed by atoms with Crippen LogP contribution in [0, 0.1) is 0 Å². The van der Waals surface area contributed by atoms with Crippen molar-refractivity contribution in [2.75, 3.05) is 0 Å². The van der Waals surface area contributed by atoms with Crippen LogP contribution in [0.5, 0.6) is 0 Å². The summed E-state index contributed by atoms with van der Waals surface area (Å²) in [6, 6.07) is 9.48. The minimum absolute atomic E-state index is 0.736. The molecule has 0 atom stereocenters. The molecule has 1 aromatic rings. The summed E-state index contributed by atoms with van der Waals surface area (Å²) < 4.78 is 0. The van der Waals surface area contributed by atoms with Crippen LogP contribution in [0.3, 0.4) is 0 Å². The van der Waals surface area contributed by atoms with Gasteiger partial charge >= 0.3 is 0 Å². The fraction of sp³-hybridized carbons (Fsp3) is 0.500. The molecule has 2 rings (SSSR count). The molecular formula is C12H16N2O2. The first kappa shape index (κ1) is 11.2. The molecule has 0 bridgehead atoms. The van der Waals surface area contributed by atoms with Gasteiger partial charge in [-0.2, -0.15) is 5.11 Å². The van der Waals surface area contributed by atoms with Crippen LogP contribution in [0.25, 0.3) is 0 Å². The van der Waals surface area contributed by atoms with E-state index in [1.165, 1.54) is 6.42 Å². The summed E-state index contributed by atoms with van der Waals surface area (Å²) >= 11 is 0. The van der Waals surface area contributed by atoms with Gasteiger partial charge in [0.2, 0.25) is 5.72 Å². The Balaban J connectivity index is 2.09. The lowest BCUT2D eigenvalue weighted by Gasteiger charge is -2.28. The molecule has 0 heterocycles. The van der Waals surface area contributed by atoms with Crippen molar-refractivity contribution >= 4 is 5.69 Å². The van der Waals surface area contributed by atoms with Gasteiger partial charge in [-0.05, 0) is 25.0 Å². The van der Waals surface area contributed by atoms with Gasteiger partial charge < -0.3 is 0 Å². The third kappa shape index (κ3) is 2.65. The molecule has 0 saturated heterocycles. The zero-order valence-electron chi connectivity index (χ0n) is 9.17. The van der Waals surface area contributed by atoms with Crippen molar-refractivity contribution in [3.05, 3.63) is 30.3 Å². The minimum atomic E-state index is -0.811. The highest BCUT2D eigenvalue weighted by molar-refractivity contribution is 5.34. The molecule has 1 aromatic carbocycles. The van der Waals surface area contributed by atoms with Gasteiger partial charge in [-0.1, -0.05) is 24.6 Å². The number of nitrogens with zero attached hydrogens (tertiary/aromatic N) is 2. The first-order valence-electron chi connectivity index (χ1n) is 5.65. The maximum atomic E-state index is 8.97. The average molecular weight is 220 g/mol. The SMILES string of the molecule is OOC1(N=Nc2ccccc2)CCCCC1. The Morgan fingerprint density at radius 2 is 1.75 bits per heavy atom. The van der Waals surface area contributed by atoms with Crippen molar-refractivity contribution in [2.45, 2.75) is 37.8 Å². The van der Waals surface area contributed by atoms with Crippen molar-refractivity contribution in [1.82, 2.24) is 0 Å². The molecule has 86 valence electrons. The highest BCUT2D eigenvalue weighted by atomic mass is 17.1. The number of rotatable bonds is 3. The smallest absolute Gasteiger partial charge is 0.212 e. The molecule has 1 aliphatic carbocycles. The van der Waals surface area contributed by atoms with E-state index in [-0.39, 0.29) is 0 Å². The summed E-state index contributed by atoms with van der Waals surface area (Å²) in [6.07, 6.45) is 4.69. The molecule has 0 radical (unpaired) electrons. The van der Waals surface area contributed by atoms with E-state index in [1.54, 1.807) is 0 Å². The van der Waals surface area contributed by atoms with Crippen molar-refractivity contribution in [3.8, 4) is 0 Å². The highest BCUT2D eigenvalue weighted by Gasteiger charge is 2.33. The summed E-state index contributed by atoms with van der Waals surface area (Å²) in [5, 5.41) is 17.2. The first-order valence-corrected chi connectivity index (χ1v) is 5.65. The van der Waals surface area contributed by atoms with Crippen molar-refractivity contribution < 1.29 is 10.1 Å². The lowest BCUT2D eigenvalue weighted by atomic mass is 9.92. The van der Waals surface area contributed by atoms with Crippen LogP contribution in [0.15, 0.2) is 40.6 Å². The average Bonchev–Trinajstić information content (AvgIpc) is 2.39. The summed E-state index contributed by atoms with van der Waals surface area (Å²) in [5.41, 5.74) is -0.0295. The van der Waals surface area contributed by atoms with Crippen LogP contribution in [0.1, 0.15) is 32.1 Å². The minimum Gasteiger partial charge on any atom is -0.249 e. The molecule has 0 amide bonds. The Labute approximate surface area is 94.9 Å². The number of hydrogen-bond acceptors (Lipinski definition) is 4. The molecular weight excluding hydrogens is 204 g/mol. The molecule has 1 saturated carbocycles. The summed E-state index contributed by atoms with van der Waals surface area (Å²) in [7, 11) is 0. The van der Waals surface area contributed by atoms with Crippen molar-refractivity contribution in [1.29, 1.82) is 0 Å². The quantitative estimate of drug-likeness (QED) is 0.477. The topological polar surface area (TPSA) is 54.2 Å². The van der Waals surface area contributed by atoms with Crippen LogP contribution in [0.2, 0.25) is 0 Å². The van der Waals surface area contributed by atoms with E-state index >= 15 is 0 Å². The lowest BCUT2D eigenvalue weighted by Crippen LogP contribution is -2.31. The second-order valence-corrected chi connectivity index (χ2v) is 4.13. The summed E-state index contributed by atoms with van der Waals surface area (Å²) in [4.78, 5) is 4.54. The largest absolute Gasteiger partial charge is 0.249 e. The van der Waals surface area contributed by atoms with Crippen molar-refractivity contribution in [2.24, 2.45) is 10.2 Å². The summed E-state index contributed by atoms with van der Waals surface area (Å²) in [6.45, 7) is 0. The van der Waals surface area contributed by atoms with E-state index in [0.717, 1.165) is 31.4 Å². The maximum absolute atomic E-state index is 8.97. The first-order chi connectivity index (χ1) is 7.85. The Hall–Kier alpha value is -1.26. The van der Waals surface area contributed by atoms with Gasteiger partial charge in [-0.3, -0.25) is 0 Å². The van der Waals surface area contributed by atoms with E-state index in [9.17, 15) is 0 Å². The van der Waals surface area contributed by atoms with Gasteiger partial charge in [0.05, 0.1) is 5.69 Å². The molecule has 0 aromatic heterocycles. The number of benzene rings is 1. The highest BCUT2D eigenvalue weighted by Crippen LogP contribution is 2.33. The lowest BCUT2D eigenvalue weighted by molar-refractivity contribution is -0.329. The Kier molecular flexibility index (Phi) is 3.64. The predicted molar refractivity (Wildman–Crippen MR) is 60.5 cm³/mol. The fourth-order valence-corrected chi connectivity index (χ4v) is 1.96. The van der Waals surface area contributed by atoms with Crippen LogP contribution in [0.4, 0.5) is 5.69 Å². The molecule has 0 spiro atoms. The number of azo groups is 1. The van der Waals surface area contributed by atoms with Crippen molar-refractivity contribution in [3.63, 3.8) is 0 Å². The third-order valence-corrected chi connectivity index (χ3v) is 2.91. The van der Waals surface area contributed by atoms with Gasteiger partial charge in [-0.25, -0.2) is 10.1 Å². The van der Waals surface area contributed by atoms with E-state index in [1.807, 2.05) is 30.3 Å². The Morgan fingerprint density at radius 3 is 2.38 bits per heavy atom. The van der Waals surface area contributed by atoms with Gasteiger partial charge in [-0.15, -0.1) is 5.11 Å². The summed E-state index contributed by atoms with van der Waals surface area (Å²) in [5.74, 6) is 0. The molecule has 16 heavy (non-hydrogen) atoms. The molecule has 4 heteroatoms. The van der Waals surface area contributed by atoms with Gasteiger partial charge in [0.25, 0.3) is 0 Å². The Morgan fingerprint density at radius 1 is 1.06 bits per heavy atom. The van der Waals surface area contributed by atoms with E-state index in [2.05, 4.69) is 15.1 Å². The molecule has 1 aliphatic rings. The normalized spacial score (nSPS) is 20.1. The fourth-order valence-electron chi connectivity index (χ4n) is 1.96. The van der Waals surface area contributed by atoms with Crippen LogP contribution in [-0.2, 0) is 4.89 Å². The third-order valence-electron chi connectivity index (χ3n) is 2.91. The zero-order chi connectivity index (χ0) is 11.3. The Bertz CT molecular complexity index is 345. The molecule has 0 unspecified atom stereocenters. The standard InChI is InChI=1S/C12H16N2O2/c15-16-12(9-5-2-6-10-12)14-13-11-7-3-1-4-8-11/h1,3-4,7-8,15H,2,5-6,9-10H2. The van der Waals surface area contributed by atoms with E-state index < -0.39 is 5.72 Å². The van der Waals surface area contributed by atoms with Gasteiger partial charge in [0.1, 0.15) is 0 Å². The zero-order valence-corrected chi connectivity index (χ0v) is 9.17. The molecule has 4 nitrogen and oxygen atoms in total. The van der Waals surface area contributed by atoms with Crippen LogP contribution < -0.4 is 0 Å². The second kappa shape index (κ2) is 5.18. The van der Waals surface area contributed by atoms with Crippen LogP contribution in [-0.4, -0.2) is 11.0 Å². The molecule has 0 aliphatic heterocycles. The predicted octanol–water partition coefficient (Wildman–Crippen LogP) is 3.92.